The van der Waals surface area contributed by atoms with Gasteiger partial charge in [0.2, 0.25) is 0 Å². The third kappa shape index (κ3) is 4.92. The van der Waals surface area contributed by atoms with Crippen LogP contribution in [0.1, 0.15) is 31.9 Å². The summed E-state index contributed by atoms with van der Waals surface area (Å²) in [5.41, 5.74) is 1.13. The van der Waals surface area contributed by atoms with Gasteiger partial charge in [-0.3, -0.25) is 0 Å². The number of hydrogen-bond acceptors (Lipinski definition) is 2. The fourth-order valence-electron chi connectivity index (χ4n) is 1.93. The smallest absolute Gasteiger partial charge is 0.0626 e. The number of rotatable bonds is 7. The Morgan fingerprint density at radius 3 is 2.44 bits per heavy atom. The molecule has 0 heterocycles. The van der Waals surface area contributed by atoms with Crippen molar-refractivity contribution < 1.29 is 5.11 Å². The van der Waals surface area contributed by atoms with Crippen LogP contribution >= 0.6 is 15.9 Å². The summed E-state index contributed by atoms with van der Waals surface area (Å²) in [4.78, 5) is 1.89. The molecule has 3 heteroatoms. The van der Waals surface area contributed by atoms with E-state index in [1.54, 1.807) is 0 Å². The number of aliphatic hydroxyl groups is 1. The highest BCUT2D eigenvalue weighted by Crippen LogP contribution is 2.17. The van der Waals surface area contributed by atoms with Crippen LogP contribution in [0.25, 0.3) is 0 Å². The lowest BCUT2D eigenvalue weighted by Crippen LogP contribution is -2.38. The molecule has 100 valence electrons. The third-order valence-corrected chi connectivity index (χ3v) is 3.46. The first-order chi connectivity index (χ1) is 8.69. The number of hydrogen-bond donors (Lipinski definition) is 2. The van der Waals surface area contributed by atoms with E-state index in [2.05, 4.69) is 41.2 Å². The Kier molecular flexibility index (Phi) is 7.25. The summed E-state index contributed by atoms with van der Waals surface area (Å²) in [7, 11) is 0. The van der Waals surface area contributed by atoms with Crippen molar-refractivity contribution in [3.8, 4) is 0 Å². The normalized spacial score (nSPS) is 15.2. The zero-order chi connectivity index (χ0) is 13.4. The van der Waals surface area contributed by atoms with E-state index in [-0.39, 0.29) is 12.6 Å². The summed E-state index contributed by atoms with van der Waals surface area (Å²) in [5.74, 6) is 0.520. The maximum Gasteiger partial charge on any atom is 0.0626 e. The zero-order valence-corrected chi connectivity index (χ0v) is 12.6. The molecule has 1 rings (SSSR count). The van der Waals surface area contributed by atoms with Gasteiger partial charge in [0, 0.05) is 6.04 Å². The highest BCUT2D eigenvalue weighted by molar-refractivity contribution is 9.11. The van der Waals surface area contributed by atoms with E-state index >= 15 is 0 Å². The van der Waals surface area contributed by atoms with Gasteiger partial charge in [0.15, 0.2) is 0 Å². The standard InChI is InChI=1S/C15H22BrNO/c1-12(2)14(9-6-10-16)17-15(11-18)13-7-4-3-5-8-13/h3-8,10,12,14-15,17-18H,9,11H2,1-2H3/b10-6-/t14-,15+/m1/s1. The zero-order valence-electron chi connectivity index (χ0n) is 11.0. The summed E-state index contributed by atoms with van der Waals surface area (Å²) in [6.45, 7) is 4.50. The van der Waals surface area contributed by atoms with Gasteiger partial charge in [0.1, 0.15) is 0 Å². The quantitative estimate of drug-likeness (QED) is 0.806. The van der Waals surface area contributed by atoms with Crippen molar-refractivity contribution in [2.24, 2.45) is 5.92 Å². The molecule has 0 aliphatic rings. The van der Waals surface area contributed by atoms with Crippen LogP contribution < -0.4 is 5.32 Å². The molecule has 0 saturated heterocycles. The minimum Gasteiger partial charge on any atom is -0.394 e. The predicted molar refractivity (Wildman–Crippen MR) is 80.7 cm³/mol. The first-order valence-corrected chi connectivity index (χ1v) is 7.27. The molecule has 0 radical (unpaired) electrons. The van der Waals surface area contributed by atoms with Crippen LogP contribution in [0.3, 0.4) is 0 Å². The lowest BCUT2D eigenvalue weighted by molar-refractivity contribution is 0.221. The first kappa shape index (κ1) is 15.4. The van der Waals surface area contributed by atoms with Crippen molar-refractivity contribution in [1.29, 1.82) is 0 Å². The summed E-state index contributed by atoms with van der Waals surface area (Å²) < 4.78 is 0. The number of aliphatic hydroxyl groups excluding tert-OH is 1. The second kappa shape index (κ2) is 8.46. The van der Waals surface area contributed by atoms with E-state index in [0.717, 1.165) is 12.0 Å². The van der Waals surface area contributed by atoms with Gasteiger partial charge in [0.25, 0.3) is 0 Å². The van der Waals surface area contributed by atoms with E-state index < -0.39 is 0 Å². The Bertz CT molecular complexity index is 351. The average molecular weight is 312 g/mol. The molecule has 0 aromatic heterocycles. The summed E-state index contributed by atoms with van der Waals surface area (Å²) in [6, 6.07) is 10.5. The molecule has 0 amide bonds. The highest BCUT2D eigenvalue weighted by Gasteiger charge is 2.17. The molecule has 0 saturated carbocycles. The van der Waals surface area contributed by atoms with Gasteiger partial charge in [-0.2, -0.15) is 0 Å². The lowest BCUT2D eigenvalue weighted by Gasteiger charge is -2.27. The largest absolute Gasteiger partial charge is 0.394 e. The molecule has 0 spiro atoms. The highest BCUT2D eigenvalue weighted by atomic mass is 79.9. The molecule has 0 fully saturated rings. The van der Waals surface area contributed by atoms with Crippen LogP contribution in [-0.4, -0.2) is 17.8 Å². The van der Waals surface area contributed by atoms with Crippen molar-refractivity contribution in [2.45, 2.75) is 32.4 Å². The molecule has 0 unspecified atom stereocenters. The average Bonchev–Trinajstić information content (AvgIpc) is 2.39. The van der Waals surface area contributed by atoms with Gasteiger partial charge in [-0.15, -0.1) is 0 Å². The van der Waals surface area contributed by atoms with Crippen molar-refractivity contribution >= 4 is 15.9 Å². The second-order valence-electron chi connectivity index (χ2n) is 4.76. The number of halogens is 1. The second-order valence-corrected chi connectivity index (χ2v) is 5.29. The van der Waals surface area contributed by atoms with E-state index in [1.807, 2.05) is 35.3 Å². The monoisotopic (exact) mass is 311 g/mol. The van der Waals surface area contributed by atoms with Crippen LogP contribution in [0.15, 0.2) is 41.4 Å². The van der Waals surface area contributed by atoms with Crippen LogP contribution in [0.2, 0.25) is 0 Å². The van der Waals surface area contributed by atoms with Crippen LogP contribution in [0.4, 0.5) is 0 Å². The lowest BCUT2D eigenvalue weighted by atomic mass is 9.98. The summed E-state index contributed by atoms with van der Waals surface area (Å²) in [6.07, 6.45) is 3.04. The Labute approximate surface area is 118 Å². The maximum atomic E-state index is 9.55. The Morgan fingerprint density at radius 2 is 1.94 bits per heavy atom. The molecule has 2 N–H and O–H groups in total. The topological polar surface area (TPSA) is 32.3 Å². The van der Waals surface area contributed by atoms with Crippen molar-refractivity contribution in [3.05, 3.63) is 47.0 Å². The molecule has 1 aromatic rings. The summed E-state index contributed by atoms with van der Waals surface area (Å²) in [5, 5.41) is 13.1. The van der Waals surface area contributed by atoms with Crippen LogP contribution in [-0.2, 0) is 0 Å². The third-order valence-electron chi connectivity index (χ3n) is 3.08. The Morgan fingerprint density at radius 1 is 1.28 bits per heavy atom. The molecule has 0 bridgehead atoms. The molecule has 2 atom stereocenters. The van der Waals surface area contributed by atoms with Gasteiger partial charge < -0.3 is 10.4 Å². The van der Waals surface area contributed by atoms with E-state index in [1.165, 1.54) is 0 Å². The van der Waals surface area contributed by atoms with Crippen molar-refractivity contribution in [3.63, 3.8) is 0 Å². The van der Waals surface area contributed by atoms with Gasteiger partial charge in [0.05, 0.1) is 12.6 Å². The maximum absolute atomic E-state index is 9.55. The number of nitrogens with one attached hydrogen (secondary N) is 1. The van der Waals surface area contributed by atoms with Crippen LogP contribution in [0, 0.1) is 5.92 Å². The molecule has 2 nitrogen and oxygen atoms in total. The molecular formula is C15H22BrNO. The predicted octanol–water partition coefficient (Wildman–Crippen LogP) is 3.63. The fourth-order valence-corrected chi connectivity index (χ4v) is 2.14. The Hall–Kier alpha value is -0.640. The van der Waals surface area contributed by atoms with Gasteiger partial charge in [-0.05, 0) is 22.9 Å². The van der Waals surface area contributed by atoms with E-state index in [0.29, 0.717) is 12.0 Å². The Balaban J connectivity index is 2.71. The minimum atomic E-state index is 0.00215. The van der Waals surface area contributed by atoms with Crippen molar-refractivity contribution in [2.75, 3.05) is 6.61 Å². The van der Waals surface area contributed by atoms with E-state index in [9.17, 15) is 5.11 Å². The fraction of sp³-hybridized carbons (Fsp3) is 0.467. The number of benzene rings is 1. The summed E-state index contributed by atoms with van der Waals surface area (Å²) >= 11 is 3.30. The SMILES string of the molecule is CC(C)[C@@H](C/C=C\Br)N[C@@H](CO)c1ccccc1. The molecule has 18 heavy (non-hydrogen) atoms. The first-order valence-electron chi connectivity index (χ1n) is 6.36. The molecule has 1 aromatic carbocycles. The van der Waals surface area contributed by atoms with Crippen LogP contribution in [0.5, 0.6) is 0 Å². The van der Waals surface area contributed by atoms with Gasteiger partial charge in [-0.1, -0.05) is 66.2 Å². The minimum absolute atomic E-state index is 0.00215. The van der Waals surface area contributed by atoms with Gasteiger partial charge >= 0.3 is 0 Å². The molecular weight excluding hydrogens is 290 g/mol. The van der Waals surface area contributed by atoms with E-state index in [4.69, 9.17) is 0 Å². The van der Waals surface area contributed by atoms with Crippen molar-refractivity contribution in [1.82, 2.24) is 5.32 Å². The molecule has 0 aliphatic carbocycles. The molecule has 0 aliphatic heterocycles. The van der Waals surface area contributed by atoms with Gasteiger partial charge in [-0.25, -0.2) is 0 Å².